The van der Waals surface area contributed by atoms with Gasteiger partial charge in [0.1, 0.15) is 5.75 Å². The van der Waals surface area contributed by atoms with Crippen molar-refractivity contribution >= 4 is 23.4 Å². The lowest BCUT2D eigenvalue weighted by Gasteiger charge is -2.36. The molecule has 45 heavy (non-hydrogen) atoms. The molecular weight excluding hydrogens is 570 g/mol. The summed E-state index contributed by atoms with van der Waals surface area (Å²) in [6.45, 7) is 6.64. The molecule has 1 aliphatic rings. The first kappa shape index (κ1) is 33.7. The maximum absolute atomic E-state index is 14.3. The summed E-state index contributed by atoms with van der Waals surface area (Å²) in [5.74, 6) is -0.479. The van der Waals surface area contributed by atoms with Gasteiger partial charge in [0.2, 0.25) is 0 Å². The fourth-order valence-corrected chi connectivity index (χ4v) is 5.41. The van der Waals surface area contributed by atoms with E-state index in [4.69, 9.17) is 9.47 Å². The molecule has 9 nitrogen and oxygen atoms in total. The van der Waals surface area contributed by atoms with Gasteiger partial charge < -0.3 is 29.7 Å². The topological polar surface area (TPSA) is 108 Å². The van der Waals surface area contributed by atoms with E-state index >= 15 is 0 Å². The molecule has 0 bridgehead atoms. The summed E-state index contributed by atoms with van der Waals surface area (Å²) >= 11 is 0. The highest BCUT2D eigenvalue weighted by molar-refractivity contribution is 6.05. The number of carbonyl (C=O) groups is 3. The Morgan fingerprint density at radius 3 is 2.33 bits per heavy atom. The molecule has 1 aliphatic heterocycles. The van der Waals surface area contributed by atoms with Crippen molar-refractivity contribution in [3.05, 3.63) is 95.6 Å². The number of aliphatic hydroxyl groups is 1. The van der Waals surface area contributed by atoms with E-state index in [2.05, 4.69) is 5.32 Å². The normalized spacial score (nSPS) is 20.2. The zero-order valence-electron chi connectivity index (χ0n) is 26.6. The number of amides is 3. The first-order valence-electron chi connectivity index (χ1n) is 15.7. The molecule has 4 rings (SSSR count). The van der Waals surface area contributed by atoms with Crippen LogP contribution in [0.4, 0.5) is 5.69 Å². The van der Waals surface area contributed by atoms with Crippen LogP contribution in [0, 0.1) is 5.92 Å². The highest BCUT2D eigenvalue weighted by atomic mass is 16.5. The van der Waals surface area contributed by atoms with Gasteiger partial charge in [0.25, 0.3) is 17.7 Å². The van der Waals surface area contributed by atoms with Crippen molar-refractivity contribution in [3.8, 4) is 5.75 Å². The van der Waals surface area contributed by atoms with E-state index in [0.29, 0.717) is 41.3 Å². The zero-order valence-corrected chi connectivity index (χ0v) is 26.6. The summed E-state index contributed by atoms with van der Waals surface area (Å²) < 4.78 is 12.7. The van der Waals surface area contributed by atoms with Crippen LogP contribution < -0.4 is 10.1 Å². The standard InChI is InChI=1S/C36H45N3O6/c1-25-22-39(26(2)24-40)36(43)31-21-30(37-34(41)28-14-7-5-8-15-28)18-19-32(31)45-27(3)13-11-12-20-44-33(25)23-38(4)35(42)29-16-9-6-10-17-29/h5-10,14-19,21,25-27,33,40H,11-13,20,22-24H2,1-4H3,(H,37,41)/t25-,26-,27+,33-/m1/s1. The van der Waals surface area contributed by atoms with Crippen LogP contribution in [0.3, 0.4) is 0 Å². The summed E-state index contributed by atoms with van der Waals surface area (Å²) in [5.41, 5.74) is 1.85. The average molecular weight is 616 g/mol. The summed E-state index contributed by atoms with van der Waals surface area (Å²) in [4.78, 5) is 43.7. The minimum absolute atomic E-state index is 0.104. The van der Waals surface area contributed by atoms with Gasteiger partial charge in [-0.1, -0.05) is 43.3 Å². The zero-order chi connectivity index (χ0) is 32.3. The van der Waals surface area contributed by atoms with Gasteiger partial charge in [-0.05, 0) is 75.6 Å². The lowest BCUT2D eigenvalue weighted by Crippen LogP contribution is -2.48. The Balaban J connectivity index is 1.63. The molecule has 240 valence electrons. The number of nitrogens with one attached hydrogen (secondary N) is 1. The van der Waals surface area contributed by atoms with Crippen LogP contribution in [0.15, 0.2) is 78.9 Å². The predicted molar refractivity (Wildman–Crippen MR) is 175 cm³/mol. The molecular formula is C36H45N3O6. The summed E-state index contributed by atoms with van der Waals surface area (Å²) in [6.07, 6.45) is 1.92. The Kier molecular flexibility index (Phi) is 12.1. The minimum atomic E-state index is -0.509. The summed E-state index contributed by atoms with van der Waals surface area (Å²) in [5, 5.41) is 13.1. The molecule has 1 heterocycles. The van der Waals surface area contributed by atoms with Crippen LogP contribution in [-0.4, -0.2) is 84.2 Å². The van der Waals surface area contributed by atoms with Crippen LogP contribution in [-0.2, 0) is 4.74 Å². The van der Waals surface area contributed by atoms with E-state index in [9.17, 15) is 19.5 Å². The highest BCUT2D eigenvalue weighted by Crippen LogP contribution is 2.29. The smallest absolute Gasteiger partial charge is 0.258 e. The maximum Gasteiger partial charge on any atom is 0.258 e. The van der Waals surface area contributed by atoms with E-state index in [1.54, 1.807) is 78.4 Å². The monoisotopic (exact) mass is 615 g/mol. The number of hydrogen-bond donors (Lipinski definition) is 2. The number of hydrogen-bond acceptors (Lipinski definition) is 6. The molecule has 0 aliphatic carbocycles. The second kappa shape index (κ2) is 16.2. The first-order valence-corrected chi connectivity index (χ1v) is 15.7. The number of carbonyl (C=O) groups excluding carboxylic acids is 3. The van der Waals surface area contributed by atoms with E-state index in [1.807, 2.05) is 38.1 Å². The van der Waals surface area contributed by atoms with Crippen molar-refractivity contribution in [3.63, 3.8) is 0 Å². The molecule has 4 atom stereocenters. The lowest BCUT2D eigenvalue weighted by molar-refractivity contribution is -0.0149. The van der Waals surface area contributed by atoms with Gasteiger partial charge in [-0.2, -0.15) is 0 Å². The van der Waals surface area contributed by atoms with Gasteiger partial charge in [0.15, 0.2) is 0 Å². The molecule has 0 fully saturated rings. The predicted octanol–water partition coefficient (Wildman–Crippen LogP) is 5.51. The lowest BCUT2D eigenvalue weighted by atomic mass is 10.0. The molecule has 2 N–H and O–H groups in total. The third kappa shape index (κ3) is 9.15. The molecule has 0 aromatic heterocycles. The number of aliphatic hydroxyl groups excluding tert-OH is 1. The number of benzene rings is 3. The second-order valence-corrected chi connectivity index (χ2v) is 11.9. The van der Waals surface area contributed by atoms with Crippen molar-refractivity contribution in [1.29, 1.82) is 0 Å². The number of nitrogens with zero attached hydrogens (tertiary/aromatic N) is 2. The van der Waals surface area contributed by atoms with Crippen LogP contribution in [0.2, 0.25) is 0 Å². The van der Waals surface area contributed by atoms with E-state index in [0.717, 1.165) is 19.3 Å². The molecule has 0 spiro atoms. The van der Waals surface area contributed by atoms with E-state index < -0.39 is 6.04 Å². The Bertz CT molecular complexity index is 1420. The van der Waals surface area contributed by atoms with Crippen molar-refractivity contribution in [2.75, 3.05) is 38.7 Å². The summed E-state index contributed by atoms with van der Waals surface area (Å²) in [6, 6.07) is 22.6. The number of rotatable bonds is 7. The highest BCUT2D eigenvalue weighted by Gasteiger charge is 2.31. The Hall–Kier alpha value is -4.21. The Morgan fingerprint density at radius 2 is 1.67 bits per heavy atom. The molecule has 3 aromatic carbocycles. The van der Waals surface area contributed by atoms with Gasteiger partial charge in [-0.3, -0.25) is 14.4 Å². The molecule has 0 saturated heterocycles. The van der Waals surface area contributed by atoms with Crippen LogP contribution in [0.1, 0.15) is 71.1 Å². The SMILES string of the molecule is C[C@@H]1CN([C@H](C)CO)C(=O)c2cc(NC(=O)c3ccccc3)ccc2O[C@@H](C)CCCCO[C@@H]1CN(C)C(=O)c1ccccc1. The second-order valence-electron chi connectivity index (χ2n) is 11.9. The molecule has 0 saturated carbocycles. The number of fused-ring (bicyclic) bond motifs is 1. The first-order chi connectivity index (χ1) is 21.7. The number of anilines is 1. The molecule has 3 aromatic rings. The Morgan fingerprint density at radius 1 is 1.00 bits per heavy atom. The Labute approximate surface area is 266 Å². The van der Waals surface area contributed by atoms with Gasteiger partial charge in [-0.15, -0.1) is 0 Å². The number of likely N-dealkylation sites (N-methyl/N-ethyl adjacent to an activating group) is 1. The largest absolute Gasteiger partial charge is 0.490 e. The third-order valence-electron chi connectivity index (χ3n) is 8.17. The van der Waals surface area contributed by atoms with Crippen LogP contribution >= 0.6 is 0 Å². The minimum Gasteiger partial charge on any atom is -0.490 e. The van der Waals surface area contributed by atoms with Gasteiger partial charge in [-0.25, -0.2) is 0 Å². The van der Waals surface area contributed by atoms with Gasteiger partial charge in [0, 0.05) is 49.5 Å². The van der Waals surface area contributed by atoms with Crippen LogP contribution in [0.5, 0.6) is 5.75 Å². The fourth-order valence-electron chi connectivity index (χ4n) is 5.41. The van der Waals surface area contributed by atoms with Crippen LogP contribution in [0.25, 0.3) is 0 Å². The summed E-state index contributed by atoms with van der Waals surface area (Å²) in [7, 11) is 1.76. The van der Waals surface area contributed by atoms with Gasteiger partial charge >= 0.3 is 0 Å². The van der Waals surface area contributed by atoms with Crippen molar-refractivity contribution in [1.82, 2.24) is 9.80 Å². The maximum atomic E-state index is 14.3. The molecule has 3 amide bonds. The fraction of sp³-hybridized carbons (Fsp3) is 0.417. The quantitative estimate of drug-likeness (QED) is 0.363. The molecule has 9 heteroatoms. The molecule has 0 unspecified atom stereocenters. The van der Waals surface area contributed by atoms with Crippen molar-refractivity contribution < 1.29 is 29.0 Å². The van der Waals surface area contributed by atoms with E-state index in [1.165, 1.54) is 0 Å². The van der Waals surface area contributed by atoms with Gasteiger partial charge in [0.05, 0.1) is 30.4 Å². The van der Waals surface area contributed by atoms with Crippen molar-refractivity contribution in [2.45, 2.75) is 58.3 Å². The van der Waals surface area contributed by atoms with Crippen molar-refractivity contribution in [2.24, 2.45) is 5.92 Å². The number of ether oxygens (including phenoxy) is 2. The third-order valence-corrected chi connectivity index (χ3v) is 8.17. The van der Waals surface area contributed by atoms with E-state index in [-0.39, 0.29) is 49.0 Å². The average Bonchev–Trinajstić information content (AvgIpc) is 3.06. The molecule has 0 radical (unpaired) electrons.